The van der Waals surface area contributed by atoms with Crippen molar-refractivity contribution in [3.63, 3.8) is 0 Å². The molecule has 2 rings (SSSR count). The number of esters is 2. The van der Waals surface area contributed by atoms with E-state index in [1.807, 2.05) is 30.0 Å². The Labute approximate surface area is 180 Å². The summed E-state index contributed by atoms with van der Waals surface area (Å²) in [5, 5.41) is 0. The van der Waals surface area contributed by atoms with E-state index in [9.17, 15) is 9.59 Å². The van der Waals surface area contributed by atoms with Crippen LogP contribution in [0, 0.1) is 23.2 Å². The molecule has 0 aromatic heterocycles. The van der Waals surface area contributed by atoms with E-state index in [1.54, 1.807) is 0 Å². The molecule has 0 amide bonds. The minimum atomic E-state index is -1.17. The van der Waals surface area contributed by atoms with Crippen molar-refractivity contribution in [1.82, 2.24) is 0 Å². The number of hydrogen-bond acceptors (Lipinski definition) is 5. The maximum absolute atomic E-state index is 13.0. The third-order valence-electron chi connectivity index (χ3n) is 6.40. The van der Waals surface area contributed by atoms with Gasteiger partial charge in [0.05, 0.1) is 14.2 Å². The highest BCUT2D eigenvalue weighted by atomic mass is 32.2. The topological polar surface area (TPSA) is 52.6 Å². The fourth-order valence-corrected chi connectivity index (χ4v) is 6.29. The number of methoxy groups -OCH3 is 2. The molecule has 162 valence electrons. The number of carbonyl (C=O) groups excluding carboxylic acids is 2. The Kier molecular flexibility index (Phi) is 9.54. The minimum absolute atomic E-state index is 0.0401. The molecular weight excluding hydrogens is 384 g/mol. The molecule has 0 spiro atoms. The van der Waals surface area contributed by atoms with Crippen molar-refractivity contribution in [3.05, 3.63) is 30.3 Å². The molecule has 0 radical (unpaired) electrons. The van der Waals surface area contributed by atoms with Crippen molar-refractivity contribution in [2.45, 2.75) is 63.7 Å². The molecule has 1 saturated carbocycles. The first-order valence-corrected chi connectivity index (χ1v) is 11.9. The van der Waals surface area contributed by atoms with Gasteiger partial charge < -0.3 is 9.47 Å². The lowest BCUT2D eigenvalue weighted by Crippen LogP contribution is -2.45. The van der Waals surface area contributed by atoms with Gasteiger partial charge in [-0.05, 0) is 42.7 Å². The van der Waals surface area contributed by atoms with Crippen LogP contribution in [0.5, 0.6) is 0 Å². The van der Waals surface area contributed by atoms with E-state index in [4.69, 9.17) is 9.47 Å². The zero-order valence-electron chi connectivity index (χ0n) is 18.3. The molecule has 1 aromatic rings. The molecule has 1 aliphatic rings. The molecule has 1 aliphatic carbocycles. The number of unbranched alkanes of at least 4 members (excludes halogenated alkanes) is 2. The van der Waals surface area contributed by atoms with Crippen molar-refractivity contribution in [2.75, 3.05) is 20.0 Å². The van der Waals surface area contributed by atoms with Crippen molar-refractivity contribution >= 4 is 23.7 Å². The van der Waals surface area contributed by atoms with E-state index in [2.05, 4.69) is 26.0 Å². The van der Waals surface area contributed by atoms with Crippen molar-refractivity contribution in [1.29, 1.82) is 0 Å². The average molecular weight is 421 g/mol. The fraction of sp³-hybridized carbons (Fsp3) is 0.667. The SMILES string of the molecule is CCCCC[C@@H]1[C@@H](CSc2ccccc2)C(CCC)CC1(C(=O)OC)C(=O)OC. The Morgan fingerprint density at radius 1 is 1.00 bits per heavy atom. The Bertz CT molecular complexity index is 630. The summed E-state index contributed by atoms with van der Waals surface area (Å²) in [6, 6.07) is 10.4. The van der Waals surface area contributed by atoms with E-state index in [0.717, 1.165) is 44.3 Å². The maximum atomic E-state index is 13.0. The van der Waals surface area contributed by atoms with E-state index in [0.29, 0.717) is 12.3 Å². The highest BCUT2D eigenvalue weighted by Gasteiger charge is 2.62. The predicted molar refractivity (Wildman–Crippen MR) is 118 cm³/mol. The van der Waals surface area contributed by atoms with Crippen LogP contribution in [0.4, 0.5) is 0 Å². The highest BCUT2D eigenvalue weighted by molar-refractivity contribution is 7.99. The van der Waals surface area contributed by atoms with Gasteiger partial charge in [0, 0.05) is 10.6 Å². The Morgan fingerprint density at radius 2 is 1.66 bits per heavy atom. The summed E-state index contributed by atoms with van der Waals surface area (Å²) in [5.74, 6) is 0.637. The lowest BCUT2D eigenvalue weighted by molar-refractivity contribution is -0.173. The monoisotopic (exact) mass is 420 g/mol. The first-order chi connectivity index (χ1) is 14.0. The molecule has 0 saturated heterocycles. The molecule has 0 aliphatic heterocycles. The summed E-state index contributed by atoms with van der Waals surface area (Å²) < 4.78 is 10.4. The lowest BCUT2D eigenvalue weighted by atomic mass is 9.73. The number of thioether (sulfide) groups is 1. The third kappa shape index (κ3) is 5.36. The fourth-order valence-electron chi connectivity index (χ4n) is 5.05. The van der Waals surface area contributed by atoms with Gasteiger partial charge in [-0.1, -0.05) is 64.2 Å². The van der Waals surface area contributed by atoms with Crippen LogP contribution in [0.2, 0.25) is 0 Å². The number of hydrogen-bond donors (Lipinski definition) is 0. The van der Waals surface area contributed by atoms with Crippen LogP contribution < -0.4 is 0 Å². The summed E-state index contributed by atoms with van der Waals surface area (Å²) in [4.78, 5) is 27.3. The average Bonchev–Trinajstić information content (AvgIpc) is 3.06. The second kappa shape index (κ2) is 11.6. The second-order valence-electron chi connectivity index (χ2n) is 8.10. The maximum Gasteiger partial charge on any atom is 0.323 e. The van der Waals surface area contributed by atoms with E-state index >= 15 is 0 Å². The Morgan fingerprint density at radius 3 is 2.21 bits per heavy atom. The number of ether oxygens (including phenoxy) is 2. The normalized spacial score (nSPS) is 23.0. The van der Waals surface area contributed by atoms with Crippen LogP contribution in [0.25, 0.3) is 0 Å². The van der Waals surface area contributed by atoms with Gasteiger partial charge in [0.25, 0.3) is 0 Å². The van der Waals surface area contributed by atoms with Gasteiger partial charge in [0.2, 0.25) is 0 Å². The van der Waals surface area contributed by atoms with Crippen LogP contribution in [0.3, 0.4) is 0 Å². The van der Waals surface area contributed by atoms with Crippen LogP contribution in [0.15, 0.2) is 35.2 Å². The van der Waals surface area contributed by atoms with Crippen molar-refractivity contribution in [3.8, 4) is 0 Å². The molecule has 0 bridgehead atoms. The van der Waals surface area contributed by atoms with Crippen molar-refractivity contribution < 1.29 is 19.1 Å². The number of benzene rings is 1. The van der Waals surface area contributed by atoms with Crippen LogP contribution in [0.1, 0.15) is 58.8 Å². The number of rotatable bonds is 11. The molecule has 1 fully saturated rings. The molecule has 5 heteroatoms. The number of carbonyl (C=O) groups is 2. The quantitative estimate of drug-likeness (QED) is 0.198. The molecule has 0 heterocycles. The van der Waals surface area contributed by atoms with E-state index < -0.39 is 17.4 Å². The second-order valence-corrected chi connectivity index (χ2v) is 9.19. The standard InChI is InChI=1S/C24H36O4S/c1-5-7-9-15-21-20(17-29-19-13-10-8-11-14-19)18(12-6-2)16-24(21,22(25)27-3)23(26)28-4/h8,10-11,13-14,18,20-21H,5-7,9,12,15-17H2,1-4H3/t18?,20-,21+/m0/s1. The Hall–Kier alpha value is -1.49. The molecule has 0 N–H and O–H groups in total. The van der Waals surface area contributed by atoms with Gasteiger partial charge in [0.1, 0.15) is 0 Å². The Balaban J connectivity index is 2.38. The van der Waals surface area contributed by atoms with E-state index in [-0.39, 0.29) is 11.8 Å². The third-order valence-corrected chi connectivity index (χ3v) is 7.56. The first-order valence-electron chi connectivity index (χ1n) is 10.9. The molecule has 4 nitrogen and oxygen atoms in total. The van der Waals surface area contributed by atoms with Gasteiger partial charge in [0.15, 0.2) is 5.41 Å². The molecular formula is C24H36O4S. The predicted octanol–water partition coefficient (Wildman–Crippen LogP) is 5.74. The molecule has 29 heavy (non-hydrogen) atoms. The summed E-state index contributed by atoms with van der Waals surface area (Å²) in [5.41, 5.74) is -1.17. The van der Waals surface area contributed by atoms with Gasteiger partial charge in [-0.25, -0.2) is 0 Å². The molecule has 1 unspecified atom stereocenters. The zero-order chi connectivity index (χ0) is 21.3. The molecule has 1 aromatic carbocycles. The molecule has 3 atom stereocenters. The van der Waals surface area contributed by atoms with Gasteiger partial charge in [-0.15, -0.1) is 11.8 Å². The minimum Gasteiger partial charge on any atom is -0.468 e. The smallest absolute Gasteiger partial charge is 0.323 e. The summed E-state index contributed by atoms with van der Waals surface area (Å²) in [7, 11) is 2.77. The van der Waals surface area contributed by atoms with Crippen LogP contribution in [-0.4, -0.2) is 31.9 Å². The van der Waals surface area contributed by atoms with Crippen molar-refractivity contribution in [2.24, 2.45) is 23.2 Å². The lowest BCUT2D eigenvalue weighted by Gasteiger charge is -2.32. The highest BCUT2D eigenvalue weighted by Crippen LogP contribution is 2.56. The van der Waals surface area contributed by atoms with Gasteiger partial charge in [-0.2, -0.15) is 0 Å². The largest absolute Gasteiger partial charge is 0.468 e. The first kappa shape index (κ1) is 23.8. The summed E-state index contributed by atoms with van der Waals surface area (Å²) in [6.07, 6.45) is 6.68. The van der Waals surface area contributed by atoms with E-state index in [1.165, 1.54) is 19.1 Å². The summed E-state index contributed by atoms with van der Waals surface area (Å²) in [6.45, 7) is 4.34. The zero-order valence-corrected chi connectivity index (χ0v) is 19.1. The summed E-state index contributed by atoms with van der Waals surface area (Å²) >= 11 is 1.83. The van der Waals surface area contributed by atoms with Crippen LogP contribution >= 0.6 is 11.8 Å². The van der Waals surface area contributed by atoms with Crippen LogP contribution in [-0.2, 0) is 19.1 Å². The van der Waals surface area contributed by atoms with Gasteiger partial charge >= 0.3 is 11.9 Å². The van der Waals surface area contributed by atoms with Gasteiger partial charge in [-0.3, -0.25) is 9.59 Å².